The number of esters is 1. The molecule has 168 valence electrons. The maximum Gasteiger partial charge on any atom is 0.413 e. The third-order valence-corrected chi connectivity index (χ3v) is 10.2. The van der Waals surface area contributed by atoms with E-state index in [1.165, 1.54) is 7.11 Å². The highest BCUT2D eigenvalue weighted by atomic mass is 28.4. The molecule has 1 fully saturated rings. The van der Waals surface area contributed by atoms with Crippen LogP contribution in [0.3, 0.4) is 0 Å². The minimum absolute atomic E-state index is 0.105. The fourth-order valence-electron chi connectivity index (χ4n) is 3.13. The van der Waals surface area contributed by atoms with Crippen LogP contribution < -0.4 is 0 Å². The first-order chi connectivity index (χ1) is 13.0. The van der Waals surface area contributed by atoms with Gasteiger partial charge >= 0.3 is 12.1 Å². The molecule has 0 aromatic rings. The third kappa shape index (κ3) is 5.83. The lowest BCUT2D eigenvalue weighted by Gasteiger charge is -2.44. The van der Waals surface area contributed by atoms with Gasteiger partial charge in [-0.05, 0) is 45.3 Å². The molecule has 8 heteroatoms. The predicted molar refractivity (Wildman–Crippen MR) is 115 cm³/mol. The zero-order valence-corrected chi connectivity index (χ0v) is 20.5. The highest BCUT2D eigenvalue weighted by molar-refractivity contribution is 6.74. The Hall–Kier alpha value is -1.38. The second-order valence-corrected chi connectivity index (χ2v) is 15.0. The minimum Gasteiger partial charge on any atom is -0.467 e. The van der Waals surface area contributed by atoms with E-state index in [0.29, 0.717) is 6.42 Å². The fraction of sp³-hybridized carbons (Fsp3) is 0.810. The maximum absolute atomic E-state index is 13.0. The van der Waals surface area contributed by atoms with Crippen molar-refractivity contribution in [1.82, 2.24) is 4.90 Å². The number of allylic oxidation sites excluding steroid dienone is 1. The predicted octanol–water partition coefficient (Wildman–Crippen LogP) is 4.21. The topological polar surface area (TPSA) is 85.3 Å². The van der Waals surface area contributed by atoms with Crippen LogP contribution in [-0.4, -0.2) is 61.0 Å². The van der Waals surface area contributed by atoms with Gasteiger partial charge in [-0.15, -0.1) is 6.58 Å². The van der Waals surface area contributed by atoms with Crippen LogP contribution >= 0.6 is 0 Å². The smallest absolute Gasteiger partial charge is 0.413 e. The molecule has 1 aliphatic heterocycles. The molecule has 3 atom stereocenters. The summed E-state index contributed by atoms with van der Waals surface area (Å²) >= 11 is 0. The summed E-state index contributed by atoms with van der Waals surface area (Å²) in [4.78, 5) is 26.7. The van der Waals surface area contributed by atoms with Gasteiger partial charge in [-0.25, -0.2) is 9.59 Å². The number of aliphatic hydroxyl groups is 1. The SMILES string of the molecule is C=CCCC1(O)[C@H](O[Si](C)(C)C(C)(C)C)C[C@@H](C(=O)OC)N1C(=O)OC(C)(C)C. The molecule has 0 radical (unpaired) electrons. The van der Waals surface area contributed by atoms with Crippen LogP contribution in [0.15, 0.2) is 12.7 Å². The quantitative estimate of drug-likeness (QED) is 0.387. The molecule has 1 saturated heterocycles. The van der Waals surface area contributed by atoms with Gasteiger partial charge in [0.05, 0.1) is 13.2 Å². The molecular formula is C21H39NO6Si. The van der Waals surface area contributed by atoms with E-state index in [0.717, 1.165) is 4.90 Å². The largest absolute Gasteiger partial charge is 0.467 e. The Morgan fingerprint density at radius 2 is 1.79 bits per heavy atom. The molecule has 1 heterocycles. The summed E-state index contributed by atoms with van der Waals surface area (Å²) in [5.74, 6) is -0.603. The number of carbonyl (C=O) groups is 2. The number of hydrogen-bond donors (Lipinski definition) is 1. The zero-order chi connectivity index (χ0) is 22.8. The lowest BCUT2D eigenvalue weighted by molar-refractivity contribution is -0.161. The van der Waals surface area contributed by atoms with E-state index in [1.54, 1.807) is 26.8 Å². The number of rotatable bonds is 6. The molecule has 1 amide bonds. The van der Waals surface area contributed by atoms with Crippen LogP contribution in [0, 0.1) is 0 Å². The van der Waals surface area contributed by atoms with Gasteiger partial charge in [0.15, 0.2) is 14.0 Å². The Morgan fingerprint density at radius 1 is 1.24 bits per heavy atom. The van der Waals surface area contributed by atoms with E-state index in [4.69, 9.17) is 13.9 Å². The monoisotopic (exact) mass is 429 g/mol. The summed E-state index contributed by atoms with van der Waals surface area (Å²) < 4.78 is 16.9. The number of hydrogen-bond acceptors (Lipinski definition) is 6. The van der Waals surface area contributed by atoms with E-state index in [9.17, 15) is 14.7 Å². The van der Waals surface area contributed by atoms with Crippen LogP contribution in [0.5, 0.6) is 0 Å². The van der Waals surface area contributed by atoms with Crippen molar-refractivity contribution >= 4 is 20.4 Å². The van der Waals surface area contributed by atoms with Crippen LogP contribution in [0.4, 0.5) is 4.79 Å². The van der Waals surface area contributed by atoms with Crippen molar-refractivity contribution in [3.8, 4) is 0 Å². The maximum atomic E-state index is 13.0. The Kier molecular flexibility index (Phi) is 7.76. The number of ether oxygens (including phenoxy) is 2. The number of nitrogens with zero attached hydrogens (tertiary/aromatic N) is 1. The van der Waals surface area contributed by atoms with Crippen molar-refractivity contribution in [2.75, 3.05) is 7.11 Å². The average Bonchev–Trinajstić information content (AvgIpc) is 2.82. The lowest BCUT2D eigenvalue weighted by Crippen LogP contribution is -2.59. The summed E-state index contributed by atoms with van der Waals surface area (Å²) in [6.45, 7) is 19.4. The van der Waals surface area contributed by atoms with E-state index < -0.39 is 43.9 Å². The second-order valence-electron chi connectivity index (χ2n) is 10.2. The van der Waals surface area contributed by atoms with E-state index in [-0.39, 0.29) is 17.9 Å². The molecule has 0 saturated carbocycles. The van der Waals surface area contributed by atoms with Gasteiger partial charge < -0.3 is 19.0 Å². The molecular weight excluding hydrogens is 390 g/mol. The molecule has 1 aliphatic rings. The first kappa shape index (κ1) is 25.7. The minimum atomic E-state index is -2.30. The Bertz CT molecular complexity index is 622. The Morgan fingerprint density at radius 3 is 2.21 bits per heavy atom. The zero-order valence-electron chi connectivity index (χ0n) is 19.5. The number of likely N-dealkylation sites (tertiary alicyclic amines) is 1. The van der Waals surface area contributed by atoms with Gasteiger partial charge in [0.25, 0.3) is 0 Å². The molecule has 0 spiro atoms. The molecule has 0 aliphatic carbocycles. The number of methoxy groups -OCH3 is 1. The molecule has 0 bridgehead atoms. The van der Waals surface area contributed by atoms with E-state index in [2.05, 4.69) is 40.4 Å². The van der Waals surface area contributed by atoms with Gasteiger partial charge in [-0.3, -0.25) is 4.90 Å². The van der Waals surface area contributed by atoms with Gasteiger partial charge in [-0.2, -0.15) is 0 Å². The van der Waals surface area contributed by atoms with Crippen molar-refractivity contribution in [2.24, 2.45) is 0 Å². The van der Waals surface area contributed by atoms with E-state index >= 15 is 0 Å². The normalized spacial score (nSPS) is 25.7. The summed E-state index contributed by atoms with van der Waals surface area (Å²) in [6, 6.07) is -0.987. The molecule has 1 N–H and O–H groups in total. The van der Waals surface area contributed by atoms with Crippen molar-refractivity contribution in [1.29, 1.82) is 0 Å². The molecule has 0 aromatic heterocycles. The average molecular weight is 430 g/mol. The molecule has 1 unspecified atom stereocenters. The number of carbonyl (C=O) groups excluding carboxylic acids is 2. The highest BCUT2D eigenvalue weighted by Gasteiger charge is 2.60. The molecule has 29 heavy (non-hydrogen) atoms. The fourth-order valence-corrected chi connectivity index (χ4v) is 4.48. The number of amides is 1. The van der Waals surface area contributed by atoms with Crippen molar-refractivity contribution < 1.29 is 28.6 Å². The van der Waals surface area contributed by atoms with Gasteiger partial charge in [0.2, 0.25) is 0 Å². The third-order valence-electron chi connectivity index (χ3n) is 5.70. The summed E-state index contributed by atoms with van der Waals surface area (Å²) in [7, 11) is -1.04. The Labute approximate surface area is 176 Å². The van der Waals surface area contributed by atoms with E-state index in [1.807, 2.05) is 0 Å². The van der Waals surface area contributed by atoms with Crippen molar-refractivity contribution in [3.05, 3.63) is 12.7 Å². The van der Waals surface area contributed by atoms with Crippen molar-refractivity contribution in [3.63, 3.8) is 0 Å². The van der Waals surface area contributed by atoms with Crippen LogP contribution in [-0.2, 0) is 18.7 Å². The van der Waals surface area contributed by atoms with Crippen LogP contribution in [0.25, 0.3) is 0 Å². The van der Waals surface area contributed by atoms with Gasteiger partial charge in [-0.1, -0.05) is 26.8 Å². The first-order valence-electron chi connectivity index (χ1n) is 10.1. The highest BCUT2D eigenvalue weighted by Crippen LogP contribution is 2.45. The van der Waals surface area contributed by atoms with Crippen LogP contribution in [0.2, 0.25) is 18.1 Å². The van der Waals surface area contributed by atoms with Crippen molar-refractivity contribution in [2.45, 2.75) is 102 Å². The summed E-state index contributed by atoms with van der Waals surface area (Å²) in [6.07, 6.45) is 0.941. The Balaban J connectivity index is 3.43. The molecule has 1 rings (SSSR count). The standard InChI is InChI=1S/C21H39NO6Si/c1-11-12-13-21(25)16(28-29(9,10)20(5,6)7)14-15(17(23)26-8)22(21)18(24)27-19(2,3)4/h11,15-16,25H,1,12-14H2,2-10H3/t15-,16+,21?/m0/s1. The lowest BCUT2D eigenvalue weighted by atomic mass is 10.0. The molecule has 7 nitrogen and oxygen atoms in total. The summed E-state index contributed by atoms with van der Waals surface area (Å²) in [5, 5.41) is 11.6. The van der Waals surface area contributed by atoms with Gasteiger partial charge in [0.1, 0.15) is 11.6 Å². The molecule has 0 aromatic carbocycles. The first-order valence-corrected chi connectivity index (χ1v) is 13.0. The van der Waals surface area contributed by atoms with Crippen LogP contribution in [0.1, 0.15) is 60.8 Å². The summed E-state index contributed by atoms with van der Waals surface area (Å²) in [5.41, 5.74) is -2.49. The van der Waals surface area contributed by atoms with Gasteiger partial charge in [0, 0.05) is 12.8 Å². The second kappa shape index (κ2) is 8.77.